The van der Waals surface area contributed by atoms with Gasteiger partial charge in [-0.15, -0.1) is 0 Å². The molecule has 6 heavy (non-hydrogen) atoms. The van der Waals surface area contributed by atoms with Crippen molar-refractivity contribution in [1.29, 1.82) is 0 Å². The molecule has 0 spiro atoms. The number of nitrogens with one attached hydrogen (secondary N) is 1. The highest BCUT2D eigenvalue weighted by Crippen LogP contribution is 1.84. The zero-order chi connectivity index (χ0) is 4.24. The molecule has 2 nitrogen and oxygen atoms in total. The van der Waals surface area contributed by atoms with E-state index in [1.807, 2.05) is 0 Å². The summed E-state index contributed by atoms with van der Waals surface area (Å²) in [5, 5.41) is 2.80. The molecule has 1 N–H and O–H groups in total. The minimum absolute atomic E-state index is 0.760. The zero-order valence-electron chi connectivity index (χ0n) is 3.27. The van der Waals surface area contributed by atoms with Crippen LogP contribution in [0, 0.1) is 12.8 Å². The highest BCUT2D eigenvalue weighted by molar-refractivity contribution is 4.72. The van der Waals surface area contributed by atoms with Crippen molar-refractivity contribution in [2.24, 2.45) is 0 Å². The lowest BCUT2D eigenvalue weighted by atomic mass is 10.6. The third-order valence-corrected chi connectivity index (χ3v) is 0.511. The predicted molar refractivity (Wildman–Crippen MR) is 21.2 cm³/mol. The Bertz CT molecular complexity index is 52.6. The van der Waals surface area contributed by atoms with Crippen molar-refractivity contribution in [3.05, 3.63) is 19.1 Å². The second kappa shape index (κ2) is 1.70. The molecule has 0 saturated carbocycles. The third kappa shape index (κ3) is 0.641. The van der Waals surface area contributed by atoms with E-state index >= 15 is 0 Å². The monoisotopic (exact) mass is 83.0 g/mol. The van der Waals surface area contributed by atoms with Crippen molar-refractivity contribution in [3.8, 4) is 0 Å². The molecule has 0 aromatic heterocycles. The summed E-state index contributed by atoms with van der Waals surface area (Å²) in [6.45, 7) is 2.42. The lowest BCUT2D eigenvalue weighted by molar-refractivity contribution is 0.305. The van der Waals surface area contributed by atoms with E-state index in [1.165, 1.54) is 6.26 Å². The Labute approximate surface area is 36.8 Å². The maximum Gasteiger partial charge on any atom is 0.153 e. The van der Waals surface area contributed by atoms with Crippen molar-refractivity contribution < 1.29 is 4.74 Å². The molecular formula is C4H5NO. The fourth-order valence-corrected chi connectivity index (χ4v) is 0.273. The lowest BCUT2D eigenvalue weighted by Crippen LogP contribution is -2.12. The molecule has 0 aromatic rings. The topological polar surface area (TPSA) is 21.3 Å². The van der Waals surface area contributed by atoms with Crippen LogP contribution in [0.25, 0.3) is 0 Å². The molecule has 1 rings (SSSR count). The van der Waals surface area contributed by atoms with Gasteiger partial charge in [-0.2, -0.15) is 0 Å². The molecule has 0 unspecified atom stereocenters. The van der Waals surface area contributed by atoms with Crippen molar-refractivity contribution in [2.75, 3.05) is 6.54 Å². The summed E-state index contributed by atoms with van der Waals surface area (Å²) in [6.07, 6.45) is 4.13. The largest absolute Gasteiger partial charge is 0.490 e. The maximum absolute atomic E-state index is 4.65. The van der Waals surface area contributed by atoms with E-state index in [1.54, 1.807) is 6.61 Å². The van der Waals surface area contributed by atoms with Crippen LogP contribution in [0.5, 0.6) is 0 Å². The summed E-state index contributed by atoms with van der Waals surface area (Å²) in [5.41, 5.74) is 0. The van der Waals surface area contributed by atoms with Gasteiger partial charge in [0.25, 0.3) is 0 Å². The first kappa shape index (κ1) is 3.53. The zero-order valence-corrected chi connectivity index (χ0v) is 3.27. The Kier molecular flexibility index (Phi) is 0.998. The summed E-state index contributed by atoms with van der Waals surface area (Å²) >= 11 is 0. The predicted octanol–water partition coefficient (Wildman–Crippen LogP) is 0.0424. The van der Waals surface area contributed by atoms with Gasteiger partial charge in [0.2, 0.25) is 0 Å². The van der Waals surface area contributed by atoms with Crippen molar-refractivity contribution >= 4 is 0 Å². The molecule has 0 amide bonds. The molecule has 0 fully saturated rings. The van der Waals surface area contributed by atoms with Gasteiger partial charge in [0.1, 0.15) is 6.26 Å². The Morgan fingerprint density at radius 2 is 2.83 bits per heavy atom. The third-order valence-electron chi connectivity index (χ3n) is 0.511. The normalized spacial score (nSPS) is 18.7. The fourth-order valence-electron chi connectivity index (χ4n) is 0.273. The highest BCUT2D eigenvalue weighted by atomic mass is 16.5. The second-order valence-electron chi connectivity index (χ2n) is 0.946. The summed E-state index contributed by atoms with van der Waals surface area (Å²) in [4.78, 5) is 0. The van der Waals surface area contributed by atoms with Crippen LogP contribution in [0.1, 0.15) is 0 Å². The molecule has 1 heterocycles. The quantitative estimate of drug-likeness (QED) is 0.446. The average molecular weight is 83.1 g/mol. The molecule has 0 bridgehead atoms. The summed E-state index contributed by atoms with van der Waals surface area (Å²) in [5.74, 6) is 0. The van der Waals surface area contributed by atoms with Crippen LogP contribution >= 0.6 is 0 Å². The van der Waals surface area contributed by atoms with Gasteiger partial charge in [-0.3, -0.25) is 0 Å². The Hall–Kier alpha value is -0.660. The number of hydrogen-bond donors (Lipinski definition) is 1. The molecule has 2 heteroatoms. The summed E-state index contributed by atoms with van der Waals surface area (Å²) < 4.78 is 4.65. The first-order valence-corrected chi connectivity index (χ1v) is 1.77. The van der Waals surface area contributed by atoms with E-state index < -0.39 is 0 Å². The van der Waals surface area contributed by atoms with Gasteiger partial charge >= 0.3 is 0 Å². The Balaban J connectivity index is 2.26. The minimum atomic E-state index is 0.760. The molecule has 2 radical (unpaired) electrons. The van der Waals surface area contributed by atoms with Crippen LogP contribution in [-0.2, 0) is 4.74 Å². The van der Waals surface area contributed by atoms with Gasteiger partial charge in [0.05, 0.1) is 12.7 Å². The van der Waals surface area contributed by atoms with Crippen LogP contribution in [-0.4, -0.2) is 6.54 Å². The molecule has 0 saturated heterocycles. The standard InChI is InChI=1S/C4H5NO/c1-3-6-4-2-5-1/h3-5H,1H2. The minimum Gasteiger partial charge on any atom is -0.490 e. The smallest absolute Gasteiger partial charge is 0.153 e. The molecule has 32 valence electrons. The van der Waals surface area contributed by atoms with Crippen molar-refractivity contribution in [3.63, 3.8) is 0 Å². The van der Waals surface area contributed by atoms with Gasteiger partial charge in [-0.25, -0.2) is 0 Å². The average Bonchev–Trinajstić information content (AvgIpc) is 1.72. The molecule has 1 aliphatic rings. The number of ether oxygens (including phenoxy) is 1. The maximum atomic E-state index is 4.65. The molecule has 0 aromatic carbocycles. The lowest BCUT2D eigenvalue weighted by Gasteiger charge is -2.02. The van der Waals surface area contributed by atoms with Gasteiger partial charge < -0.3 is 10.1 Å². The summed E-state index contributed by atoms with van der Waals surface area (Å²) in [6, 6.07) is 0. The van der Waals surface area contributed by atoms with Crippen LogP contribution < -0.4 is 5.32 Å². The van der Waals surface area contributed by atoms with Gasteiger partial charge in [-0.05, 0) is 0 Å². The molecular weight excluding hydrogens is 78.0 g/mol. The summed E-state index contributed by atoms with van der Waals surface area (Å²) in [7, 11) is 0. The molecule has 1 aliphatic heterocycles. The highest BCUT2D eigenvalue weighted by Gasteiger charge is 1.86. The van der Waals surface area contributed by atoms with E-state index in [-0.39, 0.29) is 0 Å². The van der Waals surface area contributed by atoms with E-state index in [9.17, 15) is 0 Å². The second-order valence-corrected chi connectivity index (χ2v) is 0.946. The van der Waals surface area contributed by atoms with E-state index in [4.69, 9.17) is 0 Å². The van der Waals surface area contributed by atoms with Gasteiger partial charge in [0, 0.05) is 0 Å². The molecule has 0 atom stereocenters. The fraction of sp³-hybridized carbons (Fsp3) is 0.250. The Morgan fingerprint density at radius 3 is 3.00 bits per heavy atom. The van der Waals surface area contributed by atoms with Crippen molar-refractivity contribution in [2.45, 2.75) is 0 Å². The van der Waals surface area contributed by atoms with E-state index in [0.717, 1.165) is 6.54 Å². The molecule has 0 aliphatic carbocycles. The van der Waals surface area contributed by atoms with Crippen molar-refractivity contribution in [1.82, 2.24) is 5.32 Å². The van der Waals surface area contributed by atoms with Crippen LogP contribution in [0.15, 0.2) is 6.26 Å². The number of rotatable bonds is 0. The van der Waals surface area contributed by atoms with Gasteiger partial charge in [0.15, 0.2) is 6.61 Å². The van der Waals surface area contributed by atoms with Gasteiger partial charge in [-0.1, -0.05) is 0 Å². The van der Waals surface area contributed by atoms with E-state index in [0.29, 0.717) is 0 Å². The van der Waals surface area contributed by atoms with E-state index in [2.05, 4.69) is 16.3 Å². The first-order chi connectivity index (χ1) is 3.00. The van der Waals surface area contributed by atoms with Crippen LogP contribution in [0.2, 0.25) is 0 Å². The van der Waals surface area contributed by atoms with Crippen LogP contribution in [0.3, 0.4) is 0 Å². The Morgan fingerprint density at radius 1 is 1.83 bits per heavy atom. The number of hydrogen-bond acceptors (Lipinski definition) is 2. The first-order valence-electron chi connectivity index (χ1n) is 1.77. The van der Waals surface area contributed by atoms with Crippen LogP contribution in [0.4, 0.5) is 0 Å². The SMILES string of the molecule is [C]1=CO[CH]CN1.